The smallest absolute Gasteiger partial charge is 0.262 e. The van der Waals surface area contributed by atoms with E-state index in [0.29, 0.717) is 28.4 Å². The number of carbonyl (C=O) groups excluding carboxylic acids is 2. The molecule has 0 saturated carbocycles. The van der Waals surface area contributed by atoms with E-state index in [1.165, 1.54) is 18.5 Å². The molecular formula is C13H11N5O3. The normalized spacial score (nSPS) is 12.9. The van der Waals surface area contributed by atoms with Crippen LogP contribution >= 0.6 is 0 Å². The highest BCUT2D eigenvalue weighted by Gasteiger charge is 2.19. The van der Waals surface area contributed by atoms with Gasteiger partial charge in [-0.25, -0.2) is 0 Å². The monoisotopic (exact) mass is 285 g/mol. The van der Waals surface area contributed by atoms with Crippen molar-refractivity contribution in [3.8, 4) is 5.75 Å². The Bertz CT molecular complexity index is 717. The van der Waals surface area contributed by atoms with Crippen LogP contribution in [0.1, 0.15) is 10.4 Å². The van der Waals surface area contributed by atoms with Gasteiger partial charge in [-0.1, -0.05) is 0 Å². The summed E-state index contributed by atoms with van der Waals surface area (Å²) in [5.41, 5.74) is 7.39. The number of nitrogens with zero attached hydrogens (tertiary/aromatic N) is 2. The van der Waals surface area contributed by atoms with Crippen molar-refractivity contribution in [2.24, 2.45) is 0 Å². The maximum Gasteiger partial charge on any atom is 0.262 e. The summed E-state index contributed by atoms with van der Waals surface area (Å²) < 4.78 is 5.24. The number of hydrogen-bond acceptors (Lipinski definition) is 6. The molecule has 3 rings (SSSR count). The van der Waals surface area contributed by atoms with Gasteiger partial charge in [0.1, 0.15) is 5.75 Å². The van der Waals surface area contributed by atoms with Crippen LogP contribution in [0.4, 0.5) is 17.1 Å². The number of nitrogens with one attached hydrogen (secondary N) is 2. The van der Waals surface area contributed by atoms with E-state index < -0.39 is 0 Å². The average Bonchev–Trinajstić information content (AvgIpc) is 2.49. The van der Waals surface area contributed by atoms with Crippen LogP contribution in [-0.4, -0.2) is 28.6 Å². The number of aromatic nitrogens is 2. The van der Waals surface area contributed by atoms with Crippen LogP contribution in [0.3, 0.4) is 0 Å². The van der Waals surface area contributed by atoms with Crippen molar-refractivity contribution >= 4 is 28.9 Å². The molecule has 0 spiro atoms. The molecule has 2 aromatic rings. The van der Waals surface area contributed by atoms with Gasteiger partial charge in [-0.3, -0.25) is 9.59 Å². The molecule has 0 bridgehead atoms. The molecule has 1 aromatic heterocycles. The lowest BCUT2D eigenvalue weighted by atomic mass is 10.2. The zero-order chi connectivity index (χ0) is 14.8. The van der Waals surface area contributed by atoms with E-state index in [2.05, 4.69) is 20.8 Å². The van der Waals surface area contributed by atoms with Crippen molar-refractivity contribution in [3.63, 3.8) is 0 Å². The number of benzene rings is 1. The Labute approximate surface area is 119 Å². The highest BCUT2D eigenvalue weighted by atomic mass is 16.5. The Morgan fingerprint density at radius 2 is 2.24 bits per heavy atom. The lowest BCUT2D eigenvalue weighted by molar-refractivity contribution is -0.118. The molecule has 1 aromatic carbocycles. The minimum Gasteiger partial charge on any atom is -0.482 e. The first-order chi connectivity index (χ1) is 10.1. The van der Waals surface area contributed by atoms with Crippen molar-refractivity contribution in [3.05, 3.63) is 36.2 Å². The number of nitrogen functional groups attached to an aromatic ring is 1. The first-order valence-electron chi connectivity index (χ1n) is 6.08. The Hall–Kier alpha value is -3.16. The lowest BCUT2D eigenvalue weighted by Gasteiger charge is -2.20. The zero-order valence-corrected chi connectivity index (χ0v) is 10.8. The van der Waals surface area contributed by atoms with Crippen LogP contribution in [0, 0.1) is 0 Å². The van der Waals surface area contributed by atoms with Gasteiger partial charge in [0.2, 0.25) is 0 Å². The van der Waals surface area contributed by atoms with E-state index in [0.717, 1.165) is 0 Å². The molecule has 2 heterocycles. The summed E-state index contributed by atoms with van der Waals surface area (Å²) in [6.07, 6.45) is 2.76. The van der Waals surface area contributed by atoms with E-state index in [1.807, 2.05) is 0 Å². The van der Waals surface area contributed by atoms with Crippen LogP contribution < -0.4 is 21.1 Å². The number of amides is 2. The minimum absolute atomic E-state index is 0.0547. The van der Waals surface area contributed by atoms with Crippen molar-refractivity contribution in [1.82, 2.24) is 10.2 Å². The summed E-state index contributed by atoms with van der Waals surface area (Å²) in [5.74, 6) is -0.168. The van der Waals surface area contributed by atoms with Crippen molar-refractivity contribution in [2.45, 2.75) is 0 Å². The van der Waals surface area contributed by atoms with Gasteiger partial charge in [0.05, 0.1) is 35.0 Å². The maximum absolute atomic E-state index is 12.0. The lowest BCUT2D eigenvalue weighted by Crippen LogP contribution is -2.25. The van der Waals surface area contributed by atoms with Gasteiger partial charge in [-0.05, 0) is 12.1 Å². The molecule has 0 atom stereocenters. The van der Waals surface area contributed by atoms with Gasteiger partial charge in [-0.15, -0.1) is 0 Å². The Balaban J connectivity index is 1.87. The summed E-state index contributed by atoms with van der Waals surface area (Å²) >= 11 is 0. The molecule has 0 fully saturated rings. The molecule has 0 unspecified atom stereocenters. The number of anilines is 3. The predicted octanol–water partition coefficient (Wildman–Crippen LogP) is 0.642. The third-order valence-electron chi connectivity index (χ3n) is 2.88. The average molecular weight is 285 g/mol. The van der Waals surface area contributed by atoms with Gasteiger partial charge >= 0.3 is 0 Å². The summed E-state index contributed by atoms with van der Waals surface area (Å²) in [4.78, 5) is 23.3. The zero-order valence-electron chi connectivity index (χ0n) is 10.8. The first-order valence-corrected chi connectivity index (χ1v) is 6.08. The molecular weight excluding hydrogens is 274 g/mol. The number of fused-ring (bicyclic) bond motifs is 1. The van der Waals surface area contributed by atoms with Crippen LogP contribution in [0.25, 0.3) is 0 Å². The van der Waals surface area contributed by atoms with Gasteiger partial charge < -0.3 is 21.1 Å². The van der Waals surface area contributed by atoms with E-state index >= 15 is 0 Å². The third-order valence-corrected chi connectivity index (χ3v) is 2.88. The van der Waals surface area contributed by atoms with E-state index in [4.69, 9.17) is 10.5 Å². The highest BCUT2D eigenvalue weighted by molar-refractivity contribution is 6.06. The van der Waals surface area contributed by atoms with E-state index in [1.54, 1.807) is 12.1 Å². The fraction of sp³-hybridized carbons (Fsp3) is 0.0769. The number of carbonyl (C=O) groups is 2. The van der Waals surface area contributed by atoms with Gasteiger partial charge in [0, 0.05) is 6.07 Å². The van der Waals surface area contributed by atoms with Crippen LogP contribution in [0.2, 0.25) is 0 Å². The fourth-order valence-corrected chi connectivity index (χ4v) is 1.87. The molecule has 0 radical (unpaired) electrons. The number of rotatable bonds is 2. The molecule has 8 nitrogen and oxygen atoms in total. The fourth-order valence-electron chi connectivity index (χ4n) is 1.87. The minimum atomic E-state index is -0.375. The summed E-state index contributed by atoms with van der Waals surface area (Å²) in [7, 11) is 0. The molecule has 8 heteroatoms. The standard InChI is InChI=1S/C13H11N5O3/c14-8-3-11-10(17-12(19)6-21-11)4-9(8)18-13(20)7-1-2-15-16-5-7/h1-5H,6,14H2,(H,17,19)(H,18,20). The van der Waals surface area contributed by atoms with Gasteiger partial charge in [0.25, 0.3) is 11.8 Å². The summed E-state index contributed by atoms with van der Waals surface area (Å²) in [5, 5.41) is 12.5. The van der Waals surface area contributed by atoms with E-state index in [-0.39, 0.29) is 18.4 Å². The SMILES string of the molecule is Nc1cc2c(cc1NC(=O)c1ccnnc1)NC(=O)CO2. The van der Waals surface area contributed by atoms with Crippen molar-refractivity contribution in [1.29, 1.82) is 0 Å². The number of hydrogen-bond donors (Lipinski definition) is 3. The van der Waals surface area contributed by atoms with Crippen molar-refractivity contribution in [2.75, 3.05) is 23.0 Å². The third kappa shape index (κ3) is 2.59. The molecule has 0 saturated heterocycles. The number of nitrogens with two attached hydrogens (primary N) is 1. The van der Waals surface area contributed by atoms with E-state index in [9.17, 15) is 9.59 Å². The molecule has 2 amide bonds. The second kappa shape index (κ2) is 5.08. The molecule has 0 aliphatic carbocycles. The molecule has 1 aliphatic rings. The highest BCUT2D eigenvalue weighted by Crippen LogP contribution is 2.35. The quantitative estimate of drug-likeness (QED) is 0.697. The largest absolute Gasteiger partial charge is 0.482 e. The topological polar surface area (TPSA) is 119 Å². The van der Waals surface area contributed by atoms with Crippen molar-refractivity contribution < 1.29 is 14.3 Å². The molecule has 4 N–H and O–H groups in total. The molecule has 106 valence electrons. The predicted molar refractivity (Wildman–Crippen MR) is 75.0 cm³/mol. The Morgan fingerprint density at radius 3 is 3.00 bits per heavy atom. The second-order valence-electron chi connectivity index (χ2n) is 4.36. The summed E-state index contributed by atoms with van der Waals surface area (Å²) in [6.45, 7) is -0.0547. The van der Waals surface area contributed by atoms with Gasteiger partial charge in [-0.2, -0.15) is 10.2 Å². The van der Waals surface area contributed by atoms with Crippen LogP contribution in [0.15, 0.2) is 30.6 Å². The maximum atomic E-state index is 12.0. The summed E-state index contributed by atoms with van der Waals surface area (Å²) in [6, 6.07) is 4.63. The number of ether oxygens (including phenoxy) is 1. The Morgan fingerprint density at radius 1 is 1.38 bits per heavy atom. The molecule has 21 heavy (non-hydrogen) atoms. The van der Waals surface area contributed by atoms with Crippen LogP contribution in [0.5, 0.6) is 5.75 Å². The molecule has 1 aliphatic heterocycles. The van der Waals surface area contributed by atoms with Gasteiger partial charge in [0.15, 0.2) is 6.61 Å². The van der Waals surface area contributed by atoms with Crippen LogP contribution in [-0.2, 0) is 4.79 Å². The second-order valence-corrected chi connectivity index (χ2v) is 4.36. The Kier molecular flexibility index (Phi) is 3.11. The first kappa shape index (κ1) is 12.9.